The molecule has 0 heterocycles. The van der Waals surface area contributed by atoms with E-state index in [1.165, 1.54) is 18.4 Å². The summed E-state index contributed by atoms with van der Waals surface area (Å²) in [4.78, 5) is 0.311. The number of nitrogens with zero attached hydrogens (tertiary/aromatic N) is 1. The van der Waals surface area contributed by atoms with E-state index in [1.54, 1.807) is 12.1 Å². The molecule has 0 aromatic heterocycles. The third-order valence-corrected chi connectivity index (χ3v) is 5.27. The second-order valence-electron chi connectivity index (χ2n) is 5.32. The lowest BCUT2D eigenvalue weighted by Crippen LogP contribution is -2.22. The number of hydrogen-bond donors (Lipinski definition) is 2. The van der Waals surface area contributed by atoms with Crippen LogP contribution in [0.4, 0.5) is 0 Å². The van der Waals surface area contributed by atoms with Crippen LogP contribution in [0.2, 0.25) is 0 Å². The molecular weight excluding hydrogens is 288 g/mol. The van der Waals surface area contributed by atoms with E-state index in [2.05, 4.69) is 12.2 Å². The van der Waals surface area contributed by atoms with Gasteiger partial charge >= 0.3 is 0 Å². The standard InChI is InChI=1S/C15H26N2O3S/c1-13(16-11-5-4-6-12-18)14-7-9-15(10-8-14)21(19,20)17(2)3/h7-10,13,16,18H,4-6,11-12H2,1-3H3. The first-order valence-corrected chi connectivity index (χ1v) is 8.70. The molecule has 1 aromatic carbocycles. The van der Waals surface area contributed by atoms with Crippen LogP contribution in [-0.4, -0.2) is 45.1 Å². The Hall–Kier alpha value is -0.950. The van der Waals surface area contributed by atoms with Gasteiger partial charge in [0.2, 0.25) is 10.0 Å². The molecule has 0 spiro atoms. The van der Waals surface area contributed by atoms with Gasteiger partial charge in [-0.05, 0) is 50.4 Å². The lowest BCUT2D eigenvalue weighted by atomic mass is 10.1. The summed E-state index contributed by atoms with van der Waals surface area (Å²) < 4.78 is 25.2. The van der Waals surface area contributed by atoms with Gasteiger partial charge in [-0.15, -0.1) is 0 Å². The highest BCUT2D eigenvalue weighted by Gasteiger charge is 2.17. The molecule has 0 amide bonds. The number of unbranched alkanes of at least 4 members (excludes halogenated alkanes) is 2. The zero-order valence-corrected chi connectivity index (χ0v) is 13.9. The Morgan fingerprint density at radius 1 is 1.14 bits per heavy atom. The first kappa shape index (κ1) is 18.1. The lowest BCUT2D eigenvalue weighted by Gasteiger charge is -2.16. The van der Waals surface area contributed by atoms with Gasteiger partial charge in [0.1, 0.15) is 0 Å². The monoisotopic (exact) mass is 314 g/mol. The molecule has 21 heavy (non-hydrogen) atoms. The fourth-order valence-electron chi connectivity index (χ4n) is 1.99. The predicted molar refractivity (Wildman–Crippen MR) is 84.7 cm³/mol. The number of benzene rings is 1. The van der Waals surface area contributed by atoms with E-state index in [9.17, 15) is 8.42 Å². The molecule has 0 saturated heterocycles. The summed E-state index contributed by atoms with van der Waals surface area (Å²) in [5.74, 6) is 0. The number of nitrogens with one attached hydrogen (secondary N) is 1. The van der Waals surface area contributed by atoms with Gasteiger partial charge in [-0.1, -0.05) is 12.1 Å². The molecule has 0 radical (unpaired) electrons. The van der Waals surface area contributed by atoms with Crippen LogP contribution in [0.5, 0.6) is 0 Å². The van der Waals surface area contributed by atoms with E-state index in [-0.39, 0.29) is 12.6 Å². The minimum absolute atomic E-state index is 0.176. The molecule has 0 saturated carbocycles. The average molecular weight is 314 g/mol. The number of rotatable bonds is 9. The molecule has 120 valence electrons. The number of sulfonamides is 1. The van der Waals surface area contributed by atoms with Crippen molar-refractivity contribution >= 4 is 10.0 Å². The van der Waals surface area contributed by atoms with Gasteiger partial charge in [-0.2, -0.15) is 0 Å². The van der Waals surface area contributed by atoms with Crippen LogP contribution < -0.4 is 5.32 Å². The summed E-state index contributed by atoms with van der Waals surface area (Å²) in [7, 11) is -0.302. The highest BCUT2D eigenvalue weighted by molar-refractivity contribution is 7.89. The Morgan fingerprint density at radius 3 is 2.29 bits per heavy atom. The van der Waals surface area contributed by atoms with E-state index in [4.69, 9.17) is 5.11 Å². The molecule has 5 nitrogen and oxygen atoms in total. The van der Waals surface area contributed by atoms with E-state index >= 15 is 0 Å². The normalized spacial score (nSPS) is 13.6. The second kappa shape index (κ2) is 8.48. The van der Waals surface area contributed by atoms with Gasteiger partial charge < -0.3 is 10.4 Å². The van der Waals surface area contributed by atoms with Crippen molar-refractivity contribution in [1.82, 2.24) is 9.62 Å². The Balaban J connectivity index is 2.58. The summed E-state index contributed by atoms with van der Waals surface area (Å²) in [6.07, 6.45) is 2.88. The molecule has 0 bridgehead atoms. The third kappa shape index (κ3) is 5.39. The molecule has 0 aliphatic heterocycles. The van der Waals surface area contributed by atoms with Crippen LogP contribution in [0.25, 0.3) is 0 Å². The molecule has 0 fully saturated rings. The average Bonchev–Trinajstić information content (AvgIpc) is 2.46. The van der Waals surface area contributed by atoms with Crippen LogP contribution >= 0.6 is 0 Å². The molecule has 1 rings (SSSR count). The van der Waals surface area contributed by atoms with Crippen molar-refractivity contribution < 1.29 is 13.5 Å². The van der Waals surface area contributed by atoms with Crippen LogP contribution in [0.1, 0.15) is 37.8 Å². The molecule has 1 unspecified atom stereocenters. The Morgan fingerprint density at radius 2 is 1.76 bits per heavy atom. The van der Waals surface area contributed by atoms with Crippen molar-refractivity contribution in [3.63, 3.8) is 0 Å². The van der Waals surface area contributed by atoms with E-state index < -0.39 is 10.0 Å². The van der Waals surface area contributed by atoms with Crippen molar-refractivity contribution in [2.24, 2.45) is 0 Å². The van der Waals surface area contributed by atoms with E-state index in [1.807, 2.05) is 12.1 Å². The third-order valence-electron chi connectivity index (χ3n) is 3.44. The largest absolute Gasteiger partial charge is 0.396 e. The highest BCUT2D eigenvalue weighted by atomic mass is 32.2. The van der Waals surface area contributed by atoms with Crippen LogP contribution in [0.15, 0.2) is 29.2 Å². The van der Waals surface area contributed by atoms with Gasteiger partial charge in [-0.3, -0.25) is 0 Å². The smallest absolute Gasteiger partial charge is 0.242 e. The summed E-state index contributed by atoms with van der Waals surface area (Å²) in [6.45, 7) is 3.19. The summed E-state index contributed by atoms with van der Waals surface area (Å²) in [5, 5.41) is 12.1. The molecule has 2 N–H and O–H groups in total. The van der Waals surface area contributed by atoms with Gasteiger partial charge in [-0.25, -0.2) is 12.7 Å². The Bertz CT molecular complexity index is 512. The minimum Gasteiger partial charge on any atom is -0.396 e. The molecule has 0 aliphatic carbocycles. The second-order valence-corrected chi connectivity index (χ2v) is 7.47. The Labute approximate surface area is 128 Å². The molecular formula is C15H26N2O3S. The van der Waals surface area contributed by atoms with Crippen molar-refractivity contribution in [3.05, 3.63) is 29.8 Å². The van der Waals surface area contributed by atoms with Gasteiger partial charge in [0.25, 0.3) is 0 Å². The van der Waals surface area contributed by atoms with Crippen molar-refractivity contribution in [3.8, 4) is 0 Å². The minimum atomic E-state index is -3.36. The van der Waals surface area contributed by atoms with E-state index in [0.29, 0.717) is 4.90 Å². The van der Waals surface area contributed by atoms with Crippen LogP contribution in [-0.2, 0) is 10.0 Å². The SMILES string of the molecule is CC(NCCCCCO)c1ccc(S(=O)(=O)N(C)C)cc1. The maximum atomic E-state index is 12.0. The van der Waals surface area contributed by atoms with E-state index in [0.717, 1.165) is 31.4 Å². The van der Waals surface area contributed by atoms with Gasteiger partial charge in [0.05, 0.1) is 4.90 Å². The maximum absolute atomic E-state index is 12.0. The summed E-state index contributed by atoms with van der Waals surface area (Å²) in [6, 6.07) is 7.17. The molecule has 0 aliphatic rings. The number of aliphatic hydroxyl groups excluding tert-OH is 1. The molecule has 6 heteroatoms. The van der Waals surface area contributed by atoms with Gasteiger partial charge in [0.15, 0.2) is 0 Å². The van der Waals surface area contributed by atoms with Crippen molar-refractivity contribution in [1.29, 1.82) is 0 Å². The Kier molecular flexibility index (Phi) is 7.31. The van der Waals surface area contributed by atoms with Crippen molar-refractivity contribution in [2.45, 2.75) is 37.1 Å². The summed E-state index contributed by atoms with van der Waals surface area (Å²) in [5.41, 5.74) is 1.06. The summed E-state index contributed by atoms with van der Waals surface area (Å²) >= 11 is 0. The lowest BCUT2D eigenvalue weighted by molar-refractivity contribution is 0.282. The number of aliphatic hydroxyl groups is 1. The molecule has 1 aromatic rings. The first-order chi connectivity index (χ1) is 9.89. The predicted octanol–water partition coefficient (Wildman–Crippen LogP) is 1.75. The van der Waals surface area contributed by atoms with Gasteiger partial charge in [0, 0.05) is 26.7 Å². The fraction of sp³-hybridized carbons (Fsp3) is 0.600. The van der Waals surface area contributed by atoms with Crippen LogP contribution in [0, 0.1) is 0 Å². The van der Waals surface area contributed by atoms with Crippen LogP contribution in [0.3, 0.4) is 0 Å². The quantitative estimate of drug-likeness (QED) is 0.681. The zero-order chi connectivity index (χ0) is 15.9. The van der Waals surface area contributed by atoms with Crippen molar-refractivity contribution in [2.75, 3.05) is 27.2 Å². The topological polar surface area (TPSA) is 69.6 Å². The fourth-order valence-corrected chi connectivity index (χ4v) is 2.89. The zero-order valence-electron chi connectivity index (χ0n) is 13.0. The first-order valence-electron chi connectivity index (χ1n) is 7.26. The molecule has 1 atom stereocenters. The number of hydrogen-bond acceptors (Lipinski definition) is 4. The maximum Gasteiger partial charge on any atom is 0.242 e. The highest BCUT2D eigenvalue weighted by Crippen LogP contribution is 2.18.